The van der Waals surface area contributed by atoms with Crippen LogP contribution in [0.5, 0.6) is 23.0 Å². The van der Waals surface area contributed by atoms with Crippen LogP contribution in [0, 0.1) is 0 Å². The minimum atomic E-state index is -0.571. The molecule has 0 radical (unpaired) electrons. The van der Waals surface area contributed by atoms with Crippen LogP contribution in [0.1, 0.15) is 34.1 Å². The molecule has 0 fully saturated rings. The Morgan fingerprint density at radius 3 is 0.737 bits per heavy atom. The normalized spacial score (nSPS) is 11.5. The first-order valence-electron chi connectivity index (χ1n) is 10.5. The van der Waals surface area contributed by atoms with Crippen molar-refractivity contribution in [1.29, 1.82) is 0 Å². The molecule has 38 heavy (non-hydrogen) atoms. The monoisotopic (exact) mass is 846 g/mol. The van der Waals surface area contributed by atoms with Gasteiger partial charge in [0.1, 0.15) is 23.0 Å². The van der Waals surface area contributed by atoms with Crippen LogP contribution in [0.4, 0.5) is 0 Å². The van der Waals surface area contributed by atoms with Gasteiger partial charge in [0.15, 0.2) is 0 Å². The van der Waals surface area contributed by atoms with Crippen LogP contribution in [0.25, 0.3) is 0 Å². The van der Waals surface area contributed by atoms with Gasteiger partial charge in [-0.1, -0.05) is 46.4 Å². The van der Waals surface area contributed by atoms with Crippen molar-refractivity contribution in [3.8, 4) is 23.0 Å². The summed E-state index contributed by atoms with van der Waals surface area (Å²) in [6.07, 6.45) is 0. The third-order valence-electron chi connectivity index (χ3n) is 5.93. The van der Waals surface area contributed by atoms with Gasteiger partial charge in [0.2, 0.25) is 0 Å². The number of benzene rings is 4. The molecule has 4 nitrogen and oxygen atoms in total. The van der Waals surface area contributed by atoms with Gasteiger partial charge in [0.25, 0.3) is 0 Å². The molecule has 12 heteroatoms. The highest BCUT2D eigenvalue weighted by Gasteiger charge is 2.32. The topological polar surface area (TPSA) is 80.9 Å². The lowest BCUT2D eigenvalue weighted by Crippen LogP contribution is -2.15. The average molecular weight is 852 g/mol. The van der Waals surface area contributed by atoms with Gasteiger partial charge in [-0.2, -0.15) is 0 Å². The number of halogens is 8. The van der Waals surface area contributed by atoms with Crippen LogP contribution in [-0.2, 0) is 0 Å². The van der Waals surface area contributed by atoms with Gasteiger partial charge in [0.05, 0.1) is 38.0 Å². The van der Waals surface area contributed by atoms with Gasteiger partial charge in [0, 0.05) is 11.8 Å². The molecule has 198 valence electrons. The summed E-state index contributed by atoms with van der Waals surface area (Å²) in [4.78, 5) is 0. The molecule has 4 rings (SSSR count). The second-order valence-corrected chi connectivity index (χ2v) is 13.3. The predicted molar refractivity (Wildman–Crippen MR) is 167 cm³/mol. The Bertz CT molecular complexity index is 1260. The minimum Gasteiger partial charge on any atom is -0.505 e. The van der Waals surface area contributed by atoms with E-state index in [0.717, 1.165) is 0 Å². The average Bonchev–Trinajstić information content (AvgIpc) is 2.85. The lowest BCUT2D eigenvalue weighted by atomic mass is 9.73. The molecule has 0 amide bonds. The van der Waals surface area contributed by atoms with Crippen LogP contribution in [0.3, 0.4) is 0 Å². The number of hydrogen-bond acceptors (Lipinski definition) is 4. The van der Waals surface area contributed by atoms with E-state index in [-0.39, 0.29) is 43.1 Å². The summed E-state index contributed by atoms with van der Waals surface area (Å²) in [5, 5.41) is 41.8. The summed E-state index contributed by atoms with van der Waals surface area (Å²) < 4.78 is 1.45. The number of phenols is 4. The van der Waals surface area contributed by atoms with Gasteiger partial charge in [-0.05, 0) is 135 Å². The first kappa shape index (κ1) is 30.1. The van der Waals surface area contributed by atoms with Crippen LogP contribution >= 0.6 is 110 Å². The molecule has 0 saturated heterocycles. The zero-order valence-electron chi connectivity index (χ0n) is 18.6. The molecule has 0 aliphatic heterocycles. The van der Waals surface area contributed by atoms with Crippen molar-refractivity contribution in [2.24, 2.45) is 0 Å². The maximum absolute atomic E-state index is 10.3. The van der Waals surface area contributed by atoms with Crippen LogP contribution in [0.15, 0.2) is 66.4 Å². The zero-order chi connectivity index (χ0) is 28.0. The van der Waals surface area contributed by atoms with Gasteiger partial charge in [-0.15, -0.1) is 0 Å². The molecule has 0 atom stereocenters. The van der Waals surface area contributed by atoms with E-state index in [1.165, 1.54) is 0 Å². The second kappa shape index (κ2) is 12.0. The first-order chi connectivity index (χ1) is 17.8. The quantitative estimate of drug-likeness (QED) is 0.161. The summed E-state index contributed by atoms with van der Waals surface area (Å²) in [6.45, 7) is 0. The fourth-order valence-corrected chi connectivity index (χ4v) is 7.49. The third-order valence-corrected chi connectivity index (χ3v) is 9.50. The highest BCUT2D eigenvalue weighted by atomic mass is 79.9. The van der Waals surface area contributed by atoms with Crippen LogP contribution in [0.2, 0.25) is 20.1 Å². The molecular weight excluding hydrogens is 838 g/mol. The van der Waals surface area contributed by atoms with E-state index in [2.05, 4.69) is 63.7 Å². The standard InChI is InChI=1S/C26H14Br4Cl4O4/c27-13-1-9(5-17(31)23(13)35)21(10-2-14(28)24(36)18(32)6-10)22(11-3-15(29)25(37)19(33)7-11)12-4-16(30)26(38)20(34)8-12/h1-8,21-22,35-38H. The highest BCUT2D eigenvalue weighted by molar-refractivity contribution is 9.11. The fraction of sp³-hybridized carbons (Fsp3) is 0.0769. The number of phenolic OH excluding ortho intramolecular Hbond substituents is 4. The largest absolute Gasteiger partial charge is 0.505 e. The maximum atomic E-state index is 10.3. The van der Waals surface area contributed by atoms with E-state index >= 15 is 0 Å². The molecule has 0 aromatic heterocycles. The molecule has 0 bridgehead atoms. The van der Waals surface area contributed by atoms with Crippen molar-refractivity contribution in [2.45, 2.75) is 11.8 Å². The summed E-state index contributed by atoms with van der Waals surface area (Å²) in [5.74, 6) is -1.64. The van der Waals surface area contributed by atoms with Crippen molar-refractivity contribution in [3.63, 3.8) is 0 Å². The molecule has 0 saturated carbocycles. The predicted octanol–water partition coefficient (Wildman–Crippen LogP) is 11.1. The van der Waals surface area contributed by atoms with Crippen molar-refractivity contribution in [3.05, 3.63) is 109 Å². The first-order valence-corrected chi connectivity index (χ1v) is 15.2. The van der Waals surface area contributed by atoms with E-state index in [4.69, 9.17) is 46.4 Å². The van der Waals surface area contributed by atoms with Gasteiger partial charge >= 0.3 is 0 Å². The smallest absolute Gasteiger partial charge is 0.148 e. The summed E-state index contributed by atoms with van der Waals surface area (Å²) in [5.41, 5.74) is 2.66. The maximum Gasteiger partial charge on any atom is 0.148 e. The van der Waals surface area contributed by atoms with Crippen molar-refractivity contribution in [1.82, 2.24) is 0 Å². The molecule has 0 aliphatic carbocycles. The summed E-state index contributed by atoms with van der Waals surface area (Å²) in [7, 11) is 0. The van der Waals surface area contributed by atoms with Crippen LogP contribution in [-0.4, -0.2) is 20.4 Å². The molecular formula is C26H14Br4Cl4O4. The Kier molecular flexibility index (Phi) is 9.47. The Hall–Kier alpha value is -0.840. The molecule has 4 aromatic carbocycles. The molecule has 0 heterocycles. The van der Waals surface area contributed by atoms with Crippen molar-refractivity contribution < 1.29 is 20.4 Å². The van der Waals surface area contributed by atoms with Gasteiger partial charge < -0.3 is 20.4 Å². The number of aromatic hydroxyl groups is 4. The minimum absolute atomic E-state index is 0.108. The van der Waals surface area contributed by atoms with E-state index in [9.17, 15) is 20.4 Å². The van der Waals surface area contributed by atoms with Gasteiger partial charge in [-0.25, -0.2) is 0 Å². The SMILES string of the molecule is Oc1c(Cl)cc(C(c2cc(Cl)c(O)c(Br)c2)C(c2cc(Cl)c(O)c(Br)c2)c2cc(Cl)c(O)c(Br)c2)cc1Br. The molecule has 0 unspecified atom stereocenters. The lowest BCUT2D eigenvalue weighted by molar-refractivity contribution is 0.469. The Morgan fingerprint density at radius 2 is 0.579 bits per heavy atom. The second-order valence-electron chi connectivity index (χ2n) is 8.29. The summed E-state index contributed by atoms with van der Waals surface area (Å²) >= 11 is 39.1. The van der Waals surface area contributed by atoms with E-state index in [1.807, 2.05) is 0 Å². The Morgan fingerprint density at radius 1 is 0.395 bits per heavy atom. The fourth-order valence-electron chi connectivity index (χ4n) is 4.21. The number of rotatable bonds is 5. The Balaban J connectivity index is 2.14. The lowest BCUT2D eigenvalue weighted by Gasteiger charge is -2.31. The molecule has 0 spiro atoms. The number of hydrogen-bond donors (Lipinski definition) is 4. The third kappa shape index (κ3) is 5.93. The van der Waals surface area contributed by atoms with Crippen molar-refractivity contribution >= 4 is 110 Å². The molecule has 4 N–H and O–H groups in total. The van der Waals surface area contributed by atoms with Crippen LogP contribution < -0.4 is 0 Å². The molecule has 4 aromatic rings. The Labute approximate surface area is 271 Å². The van der Waals surface area contributed by atoms with E-state index in [0.29, 0.717) is 40.1 Å². The highest BCUT2D eigenvalue weighted by Crippen LogP contribution is 2.51. The summed E-state index contributed by atoms with van der Waals surface area (Å²) in [6, 6.07) is 13.4. The van der Waals surface area contributed by atoms with Gasteiger partial charge in [-0.3, -0.25) is 0 Å². The zero-order valence-corrected chi connectivity index (χ0v) is 28.0. The molecule has 0 aliphatic rings. The van der Waals surface area contributed by atoms with E-state index in [1.54, 1.807) is 48.5 Å². The van der Waals surface area contributed by atoms with E-state index < -0.39 is 11.8 Å². The van der Waals surface area contributed by atoms with Crippen molar-refractivity contribution in [2.75, 3.05) is 0 Å².